The number of carbonyl (C=O) groups is 2. The van der Waals surface area contributed by atoms with Crippen LogP contribution in [-0.4, -0.2) is 18.7 Å². The Balaban J connectivity index is 3.18. The van der Waals surface area contributed by atoms with Crippen molar-refractivity contribution >= 4 is 11.6 Å². The lowest BCUT2D eigenvalue weighted by Crippen LogP contribution is -2.13. The molecule has 0 saturated heterocycles. The molecule has 0 spiro atoms. The van der Waals surface area contributed by atoms with Crippen LogP contribution in [0.15, 0.2) is 35.6 Å². The first-order valence-corrected chi connectivity index (χ1v) is 5.34. The molecule has 0 aliphatic carbocycles. The van der Waals surface area contributed by atoms with Crippen LogP contribution in [0.3, 0.4) is 0 Å². The summed E-state index contributed by atoms with van der Waals surface area (Å²) in [6, 6.07) is 7.10. The van der Waals surface area contributed by atoms with Crippen LogP contribution in [-0.2, 0) is 9.53 Å². The molecule has 1 rings (SSSR count). The average Bonchev–Trinajstić information content (AvgIpc) is 2.29. The van der Waals surface area contributed by atoms with Gasteiger partial charge in [0.15, 0.2) is 11.6 Å². The molecule has 0 saturated carbocycles. The summed E-state index contributed by atoms with van der Waals surface area (Å²) in [6.07, 6.45) is 0. The summed E-state index contributed by atoms with van der Waals surface area (Å²) in [5.41, 5.74) is 1.67. The first kappa shape index (κ1) is 13.2. The lowest BCUT2D eigenvalue weighted by molar-refractivity contribution is -0.113. The summed E-state index contributed by atoms with van der Waals surface area (Å²) in [7, 11) is 1.45. The number of aryl methyl sites for hydroxylation is 1. The minimum absolute atomic E-state index is 0.108. The zero-order valence-electron chi connectivity index (χ0n) is 10.5. The number of ether oxygens (including phenoxy) is 1. The Morgan fingerprint density at radius 1 is 1.06 bits per heavy atom. The highest BCUT2D eigenvalue weighted by Gasteiger charge is 2.20. The van der Waals surface area contributed by atoms with Crippen molar-refractivity contribution < 1.29 is 14.3 Å². The zero-order chi connectivity index (χ0) is 13.0. The van der Waals surface area contributed by atoms with E-state index in [1.165, 1.54) is 14.0 Å². The summed E-state index contributed by atoms with van der Waals surface area (Å²) in [6.45, 7) is 4.92. The van der Waals surface area contributed by atoms with Gasteiger partial charge in [-0.2, -0.15) is 0 Å². The van der Waals surface area contributed by atoms with Gasteiger partial charge in [0, 0.05) is 5.56 Å². The number of rotatable bonds is 4. The molecule has 17 heavy (non-hydrogen) atoms. The Hall–Kier alpha value is -1.90. The number of Topliss-reactive ketones (excluding diaryl/α,β-unsaturated/α-hetero) is 2. The van der Waals surface area contributed by atoms with E-state index in [-0.39, 0.29) is 17.1 Å². The van der Waals surface area contributed by atoms with E-state index in [4.69, 9.17) is 4.74 Å². The molecule has 0 aliphatic heterocycles. The highest BCUT2D eigenvalue weighted by Crippen LogP contribution is 2.14. The van der Waals surface area contributed by atoms with Gasteiger partial charge in [-0.15, -0.1) is 0 Å². The maximum Gasteiger partial charge on any atom is 0.199 e. The zero-order valence-corrected chi connectivity index (χ0v) is 10.5. The largest absolute Gasteiger partial charge is 0.500 e. The van der Waals surface area contributed by atoms with E-state index >= 15 is 0 Å². The predicted octanol–water partition coefficient (Wildman–Crippen LogP) is 2.69. The van der Waals surface area contributed by atoms with E-state index in [1.54, 1.807) is 19.1 Å². The number of benzene rings is 1. The smallest absolute Gasteiger partial charge is 0.199 e. The minimum atomic E-state index is -0.295. The molecule has 0 amide bonds. The third kappa shape index (κ3) is 3.03. The highest BCUT2D eigenvalue weighted by molar-refractivity contribution is 6.25. The van der Waals surface area contributed by atoms with Gasteiger partial charge >= 0.3 is 0 Å². The maximum absolute atomic E-state index is 12.1. The van der Waals surface area contributed by atoms with Crippen molar-refractivity contribution in [3.63, 3.8) is 0 Å². The van der Waals surface area contributed by atoms with Crippen LogP contribution in [0.5, 0.6) is 0 Å². The van der Waals surface area contributed by atoms with Crippen LogP contribution in [0.2, 0.25) is 0 Å². The average molecular weight is 232 g/mol. The Morgan fingerprint density at radius 3 is 2.00 bits per heavy atom. The van der Waals surface area contributed by atoms with Crippen molar-refractivity contribution in [2.24, 2.45) is 0 Å². The SMILES string of the molecule is CO/C(C)=C(\C(C)=O)C(=O)c1ccc(C)cc1. The van der Waals surface area contributed by atoms with Gasteiger partial charge in [0.25, 0.3) is 0 Å². The topological polar surface area (TPSA) is 43.4 Å². The van der Waals surface area contributed by atoms with Gasteiger partial charge < -0.3 is 4.74 Å². The number of ketones is 2. The number of allylic oxidation sites excluding steroid dienone is 2. The molecule has 1 aromatic rings. The van der Waals surface area contributed by atoms with Crippen LogP contribution in [0.1, 0.15) is 29.8 Å². The second-order valence-corrected chi connectivity index (χ2v) is 3.89. The Kier molecular flexibility index (Phi) is 4.21. The number of carbonyl (C=O) groups excluding carboxylic acids is 2. The van der Waals surface area contributed by atoms with Gasteiger partial charge in [0.05, 0.1) is 7.11 Å². The van der Waals surface area contributed by atoms with Crippen LogP contribution < -0.4 is 0 Å². The summed E-state index contributed by atoms with van der Waals surface area (Å²) in [4.78, 5) is 23.6. The lowest BCUT2D eigenvalue weighted by Gasteiger charge is -2.07. The number of methoxy groups -OCH3 is 1. The van der Waals surface area contributed by atoms with Crippen molar-refractivity contribution in [2.45, 2.75) is 20.8 Å². The fraction of sp³-hybridized carbons (Fsp3) is 0.286. The van der Waals surface area contributed by atoms with E-state index in [0.29, 0.717) is 11.3 Å². The molecule has 3 nitrogen and oxygen atoms in total. The van der Waals surface area contributed by atoms with E-state index in [9.17, 15) is 9.59 Å². The normalized spacial score (nSPS) is 11.8. The second-order valence-electron chi connectivity index (χ2n) is 3.89. The van der Waals surface area contributed by atoms with Crippen LogP contribution in [0, 0.1) is 6.92 Å². The van der Waals surface area contributed by atoms with E-state index in [2.05, 4.69) is 0 Å². The molecule has 0 aromatic heterocycles. The molecule has 0 aliphatic rings. The third-order valence-corrected chi connectivity index (χ3v) is 2.55. The molecular formula is C14H16O3. The molecule has 0 atom stereocenters. The van der Waals surface area contributed by atoms with Gasteiger partial charge in [-0.05, 0) is 20.8 Å². The molecule has 1 aromatic carbocycles. The van der Waals surface area contributed by atoms with E-state index in [1.807, 2.05) is 19.1 Å². The molecule has 3 heteroatoms. The monoisotopic (exact) mass is 232 g/mol. The quantitative estimate of drug-likeness (QED) is 0.263. The molecule has 0 radical (unpaired) electrons. The van der Waals surface area contributed by atoms with Gasteiger partial charge in [-0.1, -0.05) is 29.8 Å². The van der Waals surface area contributed by atoms with Gasteiger partial charge in [-0.25, -0.2) is 0 Å². The summed E-state index contributed by atoms with van der Waals surface area (Å²) in [5, 5.41) is 0. The third-order valence-electron chi connectivity index (χ3n) is 2.55. The Bertz CT molecular complexity index is 467. The molecule has 0 fully saturated rings. The molecule has 0 heterocycles. The molecule has 0 unspecified atom stereocenters. The van der Waals surface area contributed by atoms with Crippen molar-refractivity contribution in [1.82, 2.24) is 0 Å². The van der Waals surface area contributed by atoms with Crippen molar-refractivity contribution in [1.29, 1.82) is 0 Å². The first-order valence-electron chi connectivity index (χ1n) is 5.34. The van der Waals surface area contributed by atoms with Crippen LogP contribution in [0.4, 0.5) is 0 Å². The predicted molar refractivity (Wildman–Crippen MR) is 65.9 cm³/mol. The van der Waals surface area contributed by atoms with E-state index < -0.39 is 0 Å². The van der Waals surface area contributed by atoms with Crippen LogP contribution >= 0.6 is 0 Å². The van der Waals surface area contributed by atoms with E-state index in [0.717, 1.165) is 5.56 Å². The van der Waals surface area contributed by atoms with Gasteiger partial charge in [0.1, 0.15) is 11.3 Å². The Labute approximate surface area is 101 Å². The standard InChI is InChI=1S/C14H16O3/c1-9-5-7-12(8-6-9)14(16)13(10(2)15)11(3)17-4/h5-8H,1-4H3/b13-11+. The minimum Gasteiger partial charge on any atom is -0.500 e. The maximum atomic E-state index is 12.1. The second kappa shape index (κ2) is 5.43. The molecular weight excluding hydrogens is 216 g/mol. The lowest BCUT2D eigenvalue weighted by atomic mass is 9.99. The summed E-state index contributed by atoms with van der Waals surface area (Å²) in [5.74, 6) is -0.227. The van der Waals surface area contributed by atoms with Crippen LogP contribution in [0.25, 0.3) is 0 Å². The van der Waals surface area contributed by atoms with Crippen molar-refractivity contribution in [3.05, 3.63) is 46.7 Å². The summed E-state index contributed by atoms with van der Waals surface area (Å²) < 4.78 is 4.98. The summed E-state index contributed by atoms with van der Waals surface area (Å²) >= 11 is 0. The Morgan fingerprint density at radius 2 is 1.59 bits per heavy atom. The highest BCUT2D eigenvalue weighted by atomic mass is 16.5. The van der Waals surface area contributed by atoms with Gasteiger partial charge in [0.2, 0.25) is 0 Å². The van der Waals surface area contributed by atoms with Crippen molar-refractivity contribution in [3.8, 4) is 0 Å². The number of hydrogen-bond acceptors (Lipinski definition) is 3. The first-order chi connectivity index (χ1) is 7.97. The molecule has 0 N–H and O–H groups in total. The molecule has 90 valence electrons. The molecule has 0 bridgehead atoms. The van der Waals surface area contributed by atoms with Gasteiger partial charge in [-0.3, -0.25) is 9.59 Å². The number of hydrogen-bond donors (Lipinski definition) is 0. The fourth-order valence-electron chi connectivity index (χ4n) is 1.52. The fourth-order valence-corrected chi connectivity index (χ4v) is 1.52. The van der Waals surface area contributed by atoms with Crippen molar-refractivity contribution in [2.75, 3.05) is 7.11 Å².